The number of fused-ring (bicyclic) bond motifs is 1. The highest BCUT2D eigenvalue weighted by molar-refractivity contribution is 5.98. The van der Waals surface area contributed by atoms with E-state index in [-0.39, 0.29) is 35.8 Å². The van der Waals surface area contributed by atoms with Crippen LogP contribution in [0.25, 0.3) is 0 Å². The second kappa shape index (κ2) is 11.1. The van der Waals surface area contributed by atoms with Gasteiger partial charge in [0.25, 0.3) is 5.91 Å². The Hall–Kier alpha value is -2.16. The van der Waals surface area contributed by atoms with Gasteiger partial charge in [0.05, 0.1) is 11.7 Å². The lowest BCUT2D eigenvalue weighted by molar-refractivity contribution is -0.122. The SMILES string of the molecule is CO[C@@H]1CN(C)C(=O)c2ccc(NC(=O)C3CCOCC3)cc2OC[C@@H](C)N(C)C[C@@H]1C. The number of rotatable bonds is 3. The smallest absolute Gasteiger partial charge is 0.257 e. The Balaban J connectivity index is 1.84. The van der Waals surface area contributed by atoms with Crippen LogP contribution < -0.4 is 10.1 Å². The monoisotopic (exact) mass is 447 g/mol. The number of carbonyl (C=O) groups excluding carboxylic acids is 2. The second-order valence-corrected chi connectivity index (χ2v) is 9.12. The largest absolute Gasteiger partial charge is 0.491 e. The minimum Gasteiger partial charge on any atom is -0.491 e. The van der Waals surface area contributed by atoms with Crippen LogP contribution in [0.2, 0.25) is 0 Å². The molecule has 3 atom stereocenters. The lowest BCUT2D eigenvalue weighted by Crippen LogP contribution is -2.45. The summed E-state index contributed by atoms with van der Waals surface area (Å²) in [4.78, 5) is 29.8. The van der Waals surface area contributed by atoms with E-state index in [0.717, 1.165) is 19.4 Å². The number of nitrogens with one attached hydrogen (secondary N) is 1. The quantitative estimate of drug-likeness (QED) is 0.767. The molecule has 1 aromatic rings. The summed E-state index contributed by atoms with van der Waals surface area (Å²) in [6, 6.07) is 5.41. The Kier molecular flexibility index (Phi) is 8.51. The van der Waals surface area contributed by atoms with Crippen molar-refractivity contribution < 1.29 is 23.8 Å². The molecule has 2 heterocycles. The molecule has 3 rings (SSSR count). The van der Waals surface area contributed by atoms with Gasteiger partial charge in [-0.25, -0.2) is 0 Å². The summed E-state index contributed by atoms with van der Waals surface area (Å²) in [5.74, 6) is 0.534. The van der Waals surface area contributed by atoms with E-state index in [1.165, 1.54) is 0 Å². The molecule has 1 aromatic carbocycles. The summed E-state index contributed by atoms with van der Waals surface area (Å²) in [5, 5.41) is 2.99. The minimum absolute atomic E-state index is 0.0186. The van der Waals surface area contributed by atoms with E-state index >= 15 is 0 Å². The third-order valence-electron chi connectivity index (χ3n) is 6.62. The van der Waals surface area contributed by atoms with Crippen molar-refractivity contribution in [3.63, 3.8) is 0 Å². The maximum absolute atomic E-state index is 13.2. The molecule has 1 saturated heterocycles. The highest BCUT2D eigenvalue weighted by Crippen LogP contribution is 2.27. The summed E-state index contributed by atoms with van der Waals surface area (Å²) in [5.41, 5.74) is 1.11. The first-order chi connectivity index (χ1) is 15.3. The number of ether oxygens (including phenoxy) is 3. The van der Waals surface area contributed by atoms with E-state index in [0.29, 0.717) is 43.4 Å². The number of likely N-dealkylation sites (N-methyl/N-ethyl adjacent to an activating group) is 2. The van der Waals surface area contributed by atoms with Gasteiger partial charge in [0, 0.05) is 64.2 Å². The predicted octanol–water partition coefficient (Wildman–Crippen LogP) is 2.49. The van der Waals surface area contributed by atoms with E-state index in [9.17, 15) is 9.59 Å². The van der Waals surface area contributed by atoms with Crippen LogP contribution in [0, 0.1) is 11.8 Å². The lowest BCUT2D eigenvalue weighted by atomic mass is 9.99. The number of hydrogen-bond acceptors (Lipinski definition) is 6. The van der Waals surface area contributed by atoms with Gasteiger partial charge in [0.1, 0.15) is 12.4 Å². The Labute approximate surface area is 191 Å². The third-order valence-corrected chi connectivity index (χ3v) is 6.62. The van der Waals surface area contributed by atoms with Crippen molar-refractivity contribution in [1.29, 1.82) is 0 Å². The Bertz CT molecular complexity index is 796. The number of methoxy groups -OCH3 is 1. The zero-order valence-electron chi connectivity index (χ0n) is 19.9. The standard InChI is InChI=1S/C24H37N3O5/c1-16-13-26(3)17(2)15-32-21-12-19(25-23(28)18-8-10-31-11-9-18)6-7-20(21)24(29)27(4)14-22(16)30-5/h6-7,12,16-18,22H,8-11,13-15H2,1-5H3,(H,25,28)/t16-,17+,22+/m0/s1. The number of hydrogen-bond donors (Lipinski definition) is 1. The molecule has 0 bridgehead atoms. The lowest BCUT2D eigenvalue weighted by Gasteiger charge is -2.34. The van der Waals surface area contributed by atoms with Gasteiger partial charge in [-0.15, -0.1) is 0 Å². The van der Waals surface area contributed by atoms with Gasteiger partial charge in [-0.2, -0.15) is 0 Å². The first kappa shape index (κ1) is 24.5. The average Bonchev–Trinajstić information content (AvgIpc) is 2.80. The summed E-state index contributed by atoms with van der Waals surface area (Å²) >= 11 is 0. The average molecular weight is 448 g/mol. The summed E-state index contributed by atoms with van der Waals surface area (Å²) in [6.45, 7) is 7.22. The Morgan fingerprint density at radius 3 is 2.56 bits per heavy atom. The molecule has 0 aliphatic carbocycles. The van der Waals surface area contributed by atoms with Crippen molar-refractivity contribution in [1.82, 2.24) is 9.80 Å². The number of nitrogens with zero attached hydrogens (tertiary/aromatic N) is 2. The molecule has 2 amide bonds. The second-order valence-electron chi connectivity index (χ2n) is 9.12. The Morgan fingerprint density at radius 2 is 1.88 bits per heavy atom. The maximum atomic E-state index is 13.2. The van der Waals surface area contributed by atoms with Crippen molar-refractivity contribution in [2.24, 2.45) is 11.8 Å². The van der Waals surface area contributed by atoms with Crippen molar-refractivity contribution in [2.75, 3.05) is 59.4 Å². The molecule has 8 heteroatoms. The maximum Gasteiger partial charge on any atom is 0.257 e. The summed E-state index contributed by atoms with van der Waals surface area (Å²) in [6.07, 6.45) is 1.37. The first-order valence-electron chi connectivity index (χ1n) is 11.4. The number of amides is 2. The fourth-order valence-electron chi connectivity index (χ4n) is 4.23. The molecule has 2 aliphatic heterocycles. The van der Waals surface area contributed by atoms with Crippen LogP contribution in [0.4, 0.5) is 5.69 Å². The van der Waals surface area contributed by atoms with Gasteiger partial charge in [-0.3, -0.25) is 14.5 Å². The highest BCUT2D eigenvalue weighted by Gasteiger charge is 2.27. The topological polar surface area (TPSA) is 80.3 Å². The van der Waals surface area contributed by atoms with Gasteiger partial charge in [0.15, 0.2) is 0 Å². The van der Waals surface area contributed by atoms with Gasteiger partial charge in [0.2, 0.25) is 5.91 Å². The van der Waals surface area contributed by atoms with Crippen LogP contribution in [0.3, 0.4) is 0 Å². The molecular formula is C24H37N3O5. The van der Waals surface area contributed by atoms with E-state index < -0.39 is 0 Å². The first-order valence-corrected chi connectivity index (χ1v) is 11.4. The van der Waals surface area contributed by atoms with Gasteiger partial charge >= 0.3 is 0 Å². The Morgan fingerprint density at radius 1 is 1.16 bits per heavy atom. The predicted molar refractivity (Wildman–Crippen MR) is 123 cm³/mol. The zero-order valence-corrected chi connectivity index (χ0v) is 19.9. The van der Waals surface area contributed by atoms with E-state index in [4.69, 9.17) is 14.2 Å². The van der Waals surface area contributed by atoms with E-state index in [1.807, 2.05) is 0 Å². The van der Waals surface area contributed by atoms with Crippen LogP contribution in [-0.2, 0) is 14.3 Å². The molecule has 1 N–H and O–H groups in total. The molecule has 32 heavy (non-hydrogen) atoms. The normalized spacial score (nSPS) is 26.5. The van der Waals surface area contributed by atoms with E-state index in [2.05, 4.69) is 31.1 Å². The molecule has 1 fully saturated rings. The number of anilines is 1. The molecular weight excluding hydrogens is 410 g/mol. The third kappa shape index (κ3) is 5.99. The molecule has 0 radical (unpaired) electrons. The van der Waals surface area contributed by atoms with Crippen LogP contribution in [0.5, 0.6) is 5.75 Å². The van der Waals surface area contributed by atoms with Crippen LogP contribution in [0.1, 0.15) is 37.0 Å². The van der Waals surface area contributed by atoms with Gasteiger partial charge in [-0.1, -0.05) is 6.92 Å². The fourth-order valence-corrected chi connectivity index (χ4v) is 4.23. The van der Waals surface area contributed by atoms with Crippen LogP contribution >= 0.6 is 0 Å². The summed E-state index contributed by atoms with van der Waals surface area (Å²) in [7, 11) is 5.55. The van der Waals surface area contributed by atoms with Crippen molar-refractivity contribution >= 4 is 17.5 Å². The fraction of sp³-hybridized carbons (Fsp3) is 0.667. The number of carbonyl (C=O) groups is 2. The molecule has 0 spiro atoms. The molecule has 178 valence electrons. The molecule has 0 saturated carbocycles. The van der Waals surface area contributed by atoms with Gasteiger partial charge in [-0.05, 0) is 44.9 Å². The molecule has 0 aromatic heterocycles. The van der Waals surface area contributed by atoms with Crippen molar-refractivity contribution in [3.05, 3.63) is 23.8 Å². The number of benzene rings is 1. The molecule has 0 unspecified atom stereocenters. The summed E-state index contributed by atoms with van der Waals surface area (Å²) < 4.78 is 17.2. The van der Waals surface area contributed by atoms with Crippen molar-refractivity contribution in [2.45, 2.75) is 38.8 Å². The van der Waals surface area contributed by atoms with Gasteiger partial charge < -0.3 is 24.4 Å². The highest BCUT2D eigenvalue weighted by atomic mass is 16.5. The molecule has 8 nitrogen and oxygen atoms in total. The zero-order chi connectivity index (χ0) is 23.3. The van der Waals surface area contributed by atoms with Crippen LogP contribution in [-0.4, -0.2) is 87.9 Å². The van der Waals surface area contributed by atoms with Crippen LogP contribution in [0.15, 0.2) is 18.2 Å². The van der Waals surface area contributed by atoms with Crippen molar-refractivity contribution in [3.8, 4) is 5.75 Å². The molecule has 2 aliphatic rings. The minimum atomic E-state index is -0.127. The van der Waals surface area contributed by atoms with E-state index in [1.54, 1.807) is 37.3 Å².